The van der Waals surface area contributed by atoms with Crippen molar-refractivity contribution >= 4 is 18.0 Å². The Morgan fingerprint density at radius 2 is 1.76 bits per heavy atom. The molecule has 2 aromatic rings. The molecular weight excluding hydrogens is 316 g/mol. The minimum atomic E-state index is -1.00. The van der Waals surface area contributed by atoms with E-state index in [9.17, 15) is 4.79 Å². The van der Waals surface area contributed by atoms with Crippen LogP contribution < -0.4 is 4.90 Å². The van der Waals surface area contributed by atoms with E-state index in [-0.39, 0.29) is 5.56 Å². The zero-order chi connectivity index (χ0) is 17.6. The minimum absolute atomic E-state index is 0.113. The first kappa shape index (κ1) is 17.1. The Kier molecular flexibility index (Phi) is 5.40. The zero-order valence-corrected chi connectivity index (χ0v) is 14.2. The molecule has 1 aliphatic rings. The van der Waals surface area contributed by atoms with Gasteiger partial charge in [0.15, 0.2) is 0 Å². The zero-order valence-electron chi connectivity index (χ0n) is 14.2. The highest BCUT2D eigenvalue weighted by Gasteiger charge is 2.21. The molecule has 1 saturated heterocycles. The maximum atomic E-state index is 10.9. The van der Waals surface area contributed by atoms with E-state index in [2.05, 4.69) is 51.0 Å². The summed E-state index contributed by atoms with van der Waals surface area (Å²) >= 11 is 0. The molecule has 6 nitrogen and oxygen atoms in total. The van der Waals surface area contributed by atoms with Crippen LogP contribution in [0.3, 0.4) is 0 Å². The van der Waals surface area contributed by atoms with Gasteiger partial charge in [0.1, 0.15) is 0 Å². The molecule has 0 spiro atoms. The number of anilines is 1. The van der Waals surface area contributed by atoms with Crippen LogP contribution in [0, 0.1) is 0 Å². The molecule has 0 radical (unpaired) electrons. The van der Waals surface area contributed by atoms with Crippen molar-refractivity contribution in [3.63, 3.8) is 0 Å². The van der Waals surface area contributed by atoms with Crippen LogP contribution in [0.5, 0.6) is 0 Å². The first-order chi connectivity index (χ1) is 12.1. The van der Waals surface area contributed by atoms with E-state index in [4.69, 9.17) is 5.11 Å². The van der Waals surface area contributed by atoms with E-state index in [0.29, 0.717) is 12.0 Å². The molecule has 2 heterocycles. The molecule has 0 amide bonds. The molecule has 1 N–H and O–H groups in total. The number of hydrogen-bond donors (Lipinski definition) is 1. The molecule has 0 aliphatic carbocycles. The van der Waals surface area contributed by atoms with Crippen LogP contribution in [-0.4, -0.2) is 58.2 Å². The molecule has 25 heavy (non-hydrogen) atoms. The topological polar surface area (TPSA) is 69.6 Å². The second-order valence-corrected chi connectivity index (χ2v) is 6.11. The fraction of sp³-hybridized carbons (Fsp3) is 0.316. The third-order valence-electron chi connectivity index (χ3n) is 4.42. The summed E-state index contributed by atoms with van der Waals surface area (Å²) in [6.45, 7) is 5.70. The van der Waals surface area contributed by atoms with Gasteiger partial charge in [0, 0.05) is 44.6 Å². The summed E-state index contributed by atoms with van der Waals surface area (Å²) in [6.07, 6.45) is 7.11. The van der Waals surface area contributed by atoms with Crippen molar-refractivity contribution in [3.05, 3.63) is 59.9 Å². The fourth-order valence-electron chi connectivity index (χ4n) is 2.86. The van der Waals surface area contributed by atoms with Crippen molar-refractivity contribution < 1.29 is 9.90 Å². The molecule has 130 valence electrons. The largest absolute Gasteiger partial charge is 0.478 e. The normalized spacial score (nSPS) is 16.9. The smallest absolute Gasteiger partial charge is 0.338 e. The highest BCUT2D eigenvalue weighted by atomic mass is 16.4. The van der Waals surface area contributed by atoms with Crippen LogP contribution in [0.15, 0.2) is 48.8 Å². The predicted molar refractivity (Wildman–Crippen MR) is 97.7 cm³/mol. The summed E-state index contributed by atoms with van der Waals surface area (Å²) in [5.41, 5.74) is 1.32. The van der Waals surface area contributed by atoms with Crippen LogP contribution in [-0.2, 0) is 0 Å². The molecule has 3 rings (SSSR count). The van der Waals surface area contributed by atoms with Crippen LogP contribution in [0.25, 0.3) is 6.08 Å². The number of carboxylic acid groups (broad SMARTS) is 1. The van der Waals surface area contributed by atoms with Gasteiger partial charge in [-0.3, -0.25) is 4.90 Å². The summed E-state index contributed by atoms with van der Waals surface area (Å²) in [5.74, 6) is -0.410. The lowest BCUT2D eigenvalue weighted by atomic mass is 10.1. The average molecular weight is 338 g/mol. The Labute approximate surface area is 147 Å². The van der Waals surface area contributed by atoms with Crippen molar-refractivity contribution in [1.29, 1.82) is 0 Å². The predicted octanol–water partition coefficient (Wildman–Crippen LogP) is 2.40. The second-order valence-electron chi connectivity index (χ2n) is 6.11. The van der Waals surface area contributed by atoms with E-state index < -0.39 is 5.97 Å². The summed E-state index contributed by atoms with van der Waals surface area (Å²) < 4.78 is 0. The summed E-state index contributed by atoms with van der Waals surface area (Å²) in [4.78, 5) is 23.7. The molecule has 0 bridgehead atoms. The molecule has 6 heteroatoms. The van der Waals surface area contributed by atoms with E-state index >= 15 is 0 Å². The highest BCUT2D eigenvalue weighted by molar-refractivity contribution is 5.86. The van der Waals surface area contributed by atoms with E-state index in [1.54, 1.807) is 0 Å². The van der Waals surface area contributed by atoms with Gasteiger partial charge >= 0.3 is 5.97 Å². The van der Waals surface area contributed by atoms with Crippen molar-refractivity contribution in [1.82, 2.24) is 14.9 Å². The molecular formula is C19H22N4O2. The minimum Gasteiger partial charge on any atom is -0.478 e. The van der Waals surface area contributed by atoms with Crippen LogP contribution >= 0.6 is 0 Å². The van der Waals surface area contributed by atoms with Gasteiger partial charge in [0.05, 0.1) is 5.56 Å². The molecule has 1 aliphatic heterocycles. The van der Waals surface area contributed by atoms with Crippen molar-refractivity contribution in [3.8, 4) is 0 Å². The lowest BCUT2D eigenvalue weighted by molar-refractivity contribution is 0.0696. The Balaban J connectivity index is 1.54. The van der Waals surface area contributed by atoms with Crippen molar-refractivity contribution in [2.24, 2.45) is 0 Å². The van der Waals surface area contributed by atoms with Gasteiger partial charge in [-0.15, -0.1) is 0 Å². The first-order valence-corrected chi connectivity index (χ1v) is 8.41. The van der Waals surface area contributed by atoms with Crippen LogP contribution in [0.2, 0.25) is 0 Å². The summed E-state index contributed by atoms with van der Waals surface area (Å²) in [5, 5.41) is 8.91. The number of benzene rings is 1. The van der Waals surface area contributed by atoms with Crippen LogP contribution in [0.4, 0.5) is 5.95 Å². The summed E-state index contributed by atoms with van der Waals surface area (Å²) in [7, 11) is 0. The standard InChI is InChI=1S/C19H22N4O2/c1-15(7-8-16-5-3-2-4-6-16)22-9-11-23(12-10-22)19-20-13-17(14-21-19)18(24)25/h2-8,13-15H,9-12H2,1H3,(H,24,25)/b8-7+. The van der Waals surface area contributed by atoms with E-state index in [1.165, 1.54) is 18.0 Å². The monoisotopic (exact) mass is 338 g/mol. The molecule has 1 fully saturated rings. The number of piperazine rings is 1. The average Bonchev–Trinajstić information content (AvgIpc) is 2.67. The maximum Gasteiger partial charge on any atom is 0.338 e. The van der Waals surface area contributed by atoms with Gasteiger partial charge in [-0.1, -0.05) is 42.5 Å². The fourth-order valence-corrected chi connectivity index (χ4v) is 2.86. The number of carboxylic acids is 1. The van der Waals surface area contributed by atoms with Gasteiger partial charge in [0.25, 0.3) is 0 Å². The molecule has 1 unspecified atom stereocenters. The Hall–Kier alpha value is -2.73. The number of rotatable bonds is 5. The first-order valence-electron chi connectivity index (χ1n) is 8.41. The van der Waals surface area contributed by atoms with Crippen molar-refractivity contribution in [2.45, 2.75) is 13.0 Å². The molecule has 0 saturated carbocycles. The van der Waals surface area contributed by atoms with Crippen LogP contribution in [0.1, 0.15) is 22.8 Å². The second kappa shape index (κ2) is 7.90. The SMILES string of the molecule is CC(/C=C/c1ccccc1)N1CCN(c2ncc(C(=O)O)cn2)CC1. The van der Waals surface area contributed by atoms with Gasteiger partial charge < -0.3 is 10.0 Å². The van der Waals surface area contributed by atoms with Crippen molar-refractivity contribution in [2.75, 3.05) is 31.1 Å². The number of hydrogen-bond acceptors (Lipinski definition) is 5. The van der Waals surface area contributed by atoms with E-state index in [0.717, 1.165) is 26.2 Å². The quantitative estimate of drug-likeness (QED) is 0.903. The Morgan fingerprint density at radius 1 is 1.12 bits per heavy atom. The van der Waals surface area contributed by atoms with E-state index in [1.807, 2.05) is 18.2 Å². The number of nitrogens with zero attached hydrogens (tertiary/aromatic N) is 4. The number of aromatic nitrogens is 2. The lowest BCUT2D eigenvalue weighted by Gasteiger charge is -2.37. The number of aromatic carboxylic acids is 1. The molecule has 1 atom stereocenters. The van der Waals surface area contributed by atoms with Gasteiger partial charge in [0.2, 0.25) is 5.95 Å². The lowest BCUT2D eigenvalue weighted by Crippen LogP contribution is -2.49. The van der Waals surface area contributed by atoms with Gasteiger partial charge in [-0.05, 0) is 12.5 Å². The molecule has 1 aromatic carbocycles. The summed E-state index contributed by atoms with van der Waals surface area (Å²) in [6, 6.07) is 10.7. The Bertz CT molecular complexity index is 723. The third-order valence-corrected chi connectivity index (χ3v) is 4.42. The maximum absolute atomic E-state index is 10.9. The van der Waals surface area contributed by atoms with Gasteiger partial charge in [-0.25, -0.2) is 14.8 Å². The third kappa shape index (κ3) is 4.42. The number of carbonyl (C=O) groups is 1. The highest BCUT2D eigenvalue weighted by Crippen LogP contribution is 2.14. The molecule has 1 aromatic heterocycles. The van der Waals surface area contributed by atoms with Gasteiger partial charge in [-0.2, -0.15) is 0 Å². The Morgan fingerprint density at radius 3 is 2.36 bits per heavy atom.